The minimum atomic E-state index is -5.06. The Morgan fingerprint density at radius 1 is 1.18 bits per heavy atom. The molecule has 0 spiro atoms. The van der Waals surface area contributed by atoms with Crippen LogP contribution < -0.4 is 5.73 Å². The van der Waals surface area contributed by atoms with Crippen LogP contribution in [0.4, 0.5) is 26.3 Å². The lowest BCUT2D eigenvalue weighted by molar-refractivity contribution is -0.161. The van der Waals surface area contributed by atoms with Crippen LogP contribution >= 0.6 is 0 Å². The first-order valence-corrected chi connectivity index (χ1v) is 4.63. The van der Waals surface area contributed by atoms with Crippen molar-refractivity contribution in [1.82, 2.24) is 4.98 Å². The molecular formula is C9H10F6N2. The van der Waals surface area contributed by atoms with E-state index in [0.717, 1.165) is 0 Å². The van der Waals surface area contributed by atoms with Crippen molar-refractivity contribution in [1.29, 1.82) is 0 Å². The average Bonchev–Trinajstić information content (AvgIpc) is 2.44. The van der Waals surface area contributed by atoms with Gasteiger partial charge in [0.2, 0.25) is 0 Å². The van der Waals surface area contributed by atoms with Crippen molar-refractivity contribution in [2.75, 3.05) is 0 Å². The van der Waals surface area contributed by atoms with E-state index in [4.69, 9.17) is 5.73 Å². The zero-order valence-electron chi connectivity index (χ0n) is 8.71. The third-order valence-electron chi connectivity index (χ3n) is 2.08. The van der Waals surface area contributed by atoms with Gasteiger partial charge in [0.15, 0.2) is 0 Å². The number of rotatable bonds is 2. The quantitative estimate of drug-likeness (QED) is 0.789. The second-order valence-corrected chi connectivity index (χ2v) is 3.73. The predicted octanol–water partition coefficient (Wildman–Crippen LogP) is 2.94. The molecule has 2 nitrogen and oxygen atoms in total. The summed E-state index contributed by atoms with van der Waals surface area (Å²) in [5.74, 6) is 0. The number of nitrogens with two attached hydrogens (primary N) is 1. The molecule has 0 amide bonds. The molecule has 1 aromatic rings. The third-order valence-corrected chi connectivity index (χ3v) is 2.08. The molecule has 3 N–H and O–H groups in total. The van der Waals surface area contributed by atoms with E-state index in [1.807, 2.05) is 4.98 Å². The molecule has 1 unspecified atom stereocenters. The van der Waals surface area contributed by atoms with Crippen molar-refractivity contribution in [3.8, 4) is 0 Å². The van der Waals surface area contributed by atoms with Crippen LogP contribution in [0.25, 0.3) is 0 Å². The Bertz CT molecular complexity index is 387. The molecule has 98 valence electrons. The highest BCUT2D eigenvalue weighted by molar-refractivity contribution is 5.36. The predicted molar refractivity (Wildman–Crippen MR) is 48.2 cm³/mol. The number of aromatic amines is 1. The van der Waals surface area contributed by atoms with Crippen molar-refractivity contribution in [3.05, 3.63) is 23.0 Å². The first-order valence-electron chi connectivity index (χ1n) is 4.63. The molecule has 0 aliphatic rings. The maximum absolute atomic E-state index is 12.6. The Morgan fingerprint density at radius 2 is 1.71 bits per heavy atom. The molecule has 1 rings (SSSR count). The van der Waals surface area contributed by atoms with E-state index in [0.29, 0.717) is 6.20 Å². The van der Waals surface area contributed by atoms with Gasteiger partial charge in [-0.1, -0.05) is 0 Å². The fourth-order valence-electron chi connectivity index (χ4n) is 1.50. The van der Waals surface area contributed by atoms with E-state index in [2.05, 4.69) is 0 Å². The number of hydrogen-bond donors (Lipinski definition) is 2. The van der Waals surface area contributed by atoms with Crippen molar-refractivity contribution in [2.45, 2.75) is 31.7 Å². The van der Waals surface area contributed by atoms with E-state index in [-0.39, 0.29) is 6.42 Å². The van der Waals surface area contributed by atoms with Crippen LogP contribution in [0.1, 0.15) is 23.7 Å². The molecule has 1 atom stereocenters. The zero-order chi connectivity index (χ0) is 13.4. The Balaban J connectivity index is 3.31. The van der Waals surface area contributed by atoms with Crippen LogP contribution in [0.5, 0.6) is 0 Å². The molecule has 8 heteroatoms. The smallest absolute Gasteiger partial charge is 0.364 e. The third kappa shape index (κ3) is 3.15. The number of H-pyrrole nitrogens is 1. The van der Waals surface area contributed by atoms with Crippen molar-refractivity contribution < 1.29 is 26.3 Å². The monoisotopic (exact) mass is 260 g/mol. The maximum Gasteiger partial charge on any atom is 0.418 e. The summed E-state index contributed by atoms with van der Waals surface area (Å²) in [5.41, 5.74) is 1.36. The molecule has 0 saturated heterocycles. The first kappa shape index (κ1) is 13.9. The zero-order valence-corrected chi connectivity index (χ0v) is 8.71. The van der Waals surface area contributed by atoms with Crippen LogP contribution in [0.15, 0.2) is 6.20 Å². The maximum atomic E-state index is 12.6. The van der Waals surface area contributed by atoms with Gasteiger partial charge < -0.3 is 10.7 Å². The Kier molecular flexibility index (Phi) is 3.47. The number of nitrogens with one attached hydrogen (secondary N) is 1. The Morgan fingerprint density at radius 3 is 2.06 bits per heavy atom. The number of aromatic nitrogens is 1. The summed E-state index contributed by atoms with van der Waals surface area (Å²) < 4.78 is 74.8. The molecule has 0 aromatic carbocycles. The van der Waals surface area contributed by atoms with Crippen molar-refractivity contribution in [3.63, 3.8) is 0 Å². The van der Waals surface area contributed by atoms with Gasteiger partial charge in [-0.2, -0.15) is 26.3 Å². The van der Waals surface area contributed by atoms with Gasteiger partial charge in [0.25, 0.3) is 0 Å². The lowest BCUT2D eigenvalue weighted by Gasteiger charge is -2.13. The van der Waals surface area contributed by atoms with Gasteiger partial charge in [0, 0.05) is 24.4 Å². The summed E-state index contributed by atoms with van der Waals surface area (Å²) >= 11 is 0. The van der Waals surface area contributed by atoms with E-state index < -0.39 is 35.2 Å². The minimum absolute atomic E-state index is 0.301. The summed E-state index contributed by atoms with van der Waals surface area (Å²) in [6.45, 7) is 1.41. The lowest BCUT2D eigenvalue weighted by Crippen LogP contribution is -2.22. The van der Waals surface area contributed by atoms with Crippen molar-refractivity contribution >= 4 is 0 Å². The highest BCUT2D eigenvalue weighted by Gasteiger charge is 2.46. The van der Waals surface area contributed by atoms with E-state index in [1.54, 1.807) is 0 Å². The summed E-state index contributed by atoms with van der Waals surface area (Å²) in [7, 11) is 0. The molecule has 1 aromatic heterocycles. The van der Waals surface area contributed by atoms with Crippen LogP contribution in [-0.2, 0) is 18.8 Å². The lowest BCUT2D eigenvalue weighted by atomic mass is 10.1. The van der Waals surface area contributed by atoms with Gasteiger partial charge in [-0.3, -0.25) is 0 Å². The van der Waals surface area contributed by atoms with Gasteiger partial charge in [0.1, 0.15) is 0 Å². The highest BCUT2D eigenvalue weighted by atomic mass is 19.4. The van der Waals surface area contributed by atoms with E-state index >= 15 is 0 Å². The van der Waals surface area contributed by atoms with Gasteiger partial charge in [0.05, 0.1) is 11.1 Å². The molecule has 0 aliphatic heterocycles. The molecule has 17 heavy (non-hydrogen) atoms. The average molecular weight is 260 g/mol. The summed E-state index contributed by atoms with van der Waals surface area (Å²) in [5, 5.41) is 0. The second kappa shape index (κ2) is 4.25. The second-order valence-electron chi connectivity index (χ2n) is 3.73. The molecule has 0 saturated carbocycles. The Hall–Kier alpha value is -1.18. The largest absolute Gasteiger partial charge is 0.418 e. The number of hydrogen-bond acceptors (Lipinski definition) is 1. The minimum Gasteiger partial charge on any atom is -0.364 e. The van der Waals surface area contributed by atoms with Crippen LogP contribution in [0.2, 0.25) is 0 Å². The normalized spacial score (nSPS) is 15.1. The van der Waals surface area contributed by atoms with Crippen molar-refractivity contribution in [2.24, 2.45) is 5.73 Å². The van der Waals surface area contributed by atoms with Gasteiger partial charge >= 0.3 is 12.4 Å². The summed E-state index contributed by atoms with van der Waals surface area (Å²) in [6, 6.07) is -0.671. The first-order chi connectivity index (χ1) is 7.53. The summed E-state index contributed by atoms with van der Waals surface area (Å²) in [4.78, 5) is 2.00. The van der Waals surface area contributed by atoms with E-state index in [9.17, 15) is 26.3 Å². The fraction of sp³-hybridized carbons (Fsp3) is 0.556. The molecule has 0 radical (unpaired) electrons. The molecule has 0 bridgehead atoms. The van der Waals surface area contributed by atoms with Crippen LogP contribution in [-0.4, -0.2) is 11.0 Å². The SMILES string of the molecule is CC(N)Cc1[nH]cc(C(F)(F)F)c1C(F)(F)F. The molecule has 1 heterocycles. The van der Waals surface area contributed by atoms with Gasteiger partial charge in [-0.25, -0.2) is 0 Å². The molecule has 0 fully saturated rings. The topological polar surface area (TPSA) is 41.8 Å². The van der Waals surface area contributed by atoms with Gasteiger partial charge in [-0.15, -0.1) is 0 Å². The fourth-order valence-corrected chi connectivity index (χ4v) is 1.50. The van der Waals surface area contributed by atoms with Crippen LogP contribution in [0, 0.1) is 0 Å². The summed E-state index contributed by atoms with van der Waals surface area (Å²) in [6.07, 6.45) is -10.1. The van der Waals surface area contributed by atoms with Gasteiger partial charge in [-0.05, 0) is 6.92 Å². The standard InChI is InChI=1S/C9H10F6N2/c1-4(16)2-6-7(9(13,14)15)5(3-17-6)8(10,11)12/h3-4,17H,2,16H2,1H3. The number of halogens is 6. The van der Waals surface area contributed by atoms with E-state index in [1.165, 1.54) is 6.92 Å². The molecular weight excluding hydrogens is 250 g/mol. The highest BCUT2D eigenvalue weighted by Crippen LogP contribution is 2.42. The molecule has 0 aliphatic carbocycles. The Labute approximate surface area is 92.8 Å². The van der Waals surface area contributed by atoms with Crippen LogP contribution in [0.3, 0.4) is 0 Å². The number of alkyl halides is 6.